The second kappa shape index (κ2) is 7.27. The SMILES string of the molecule is CCN1/C(=C2\SC(=S)N(Cc3ccccc3)C2=O)Sc2ccc(Cl)cc21. The number of nitrogens with zero attached hydrogens (tertiary/aromatic N) is 2. The molecule has 2 aliphatic rings. The minimum Gasteiger partial charge on any atom is -0.334 e. The fraction of sp³-hybridized carbons (Fsp3) is 0.158. The molecular weight excluding hydrogens is 404 g/mol. The number of anilines is 1. The summed E-state index contributed by atoms with van der Waals surface area (Å²) in [5.41, 5.74) is 2.12. The number of hydrogen-bond donors (Lipinski definition) is 0. The van der Waals surface area contributed by atoms with Crippen molar-refractivity contribution in [3.63, 3.8) is 0 Å². The van der Waals surface area contributed by atoms with Crippen LogP contribution in [0, 0.1) is 0 Å². The van der Waals surface area contributed by atoms with Crippen molar-refractivity contribution in [3.05, 3.63) is 69.1 Å². The Morgan fingerprint density at radius 3 is 2.58 bits per heavy atom. The Bertz CT molecular complexity index is 930. The van der Waals surface area contributed by atoms with E-state index in [9.17, 15) is 4.79 Å². The Labute approximate surface area is 171 Å². The van der Waals surface area contributed by atoms with Crippen molar-refractivity contribution in [2.24, 2.45) is 0 Å². The van der Waals surface area contributed by atoms with Crippen LogP contribution in [-0.4, -0.2) is 21.7 Å². The number of halogens is 1. The summed E-state index contributed by atoms with van der Waals surface area (Å²) in [6, 6.07) is 15.7. The summed E-state index contributed by atoms with van der Waals surface area (Å²) in [6.07, 6.45) is 0. The second-order valence-corrected chi connectivity index (χ2v) is 8.95. The van der Waals surface area contributed by atoms with Gasteiger partial charge in [-0.25, -0.2) is 0 Å². The van der Waals surface area contributed by atoms with Crippen LogP contribution in [-0.2, 0) is 11.3 Å². The summed E-state index contributed by atoms with van der Waals surface area (Å²) in [4.78, 5) is 18.7. The van der Waals surface area contributed by atoms with Crippen LogP contribution < -0.4 is 4.90 Å². The molecule has 1 fully saturated rings. The van der Waals surface area contributed by atoms with E-state index in [1.54, 1.807) is 16.7 Å². The van der Waals surface area contributed by atoms with Crippen LogP contribution in [0.25, 0.3) is 0 Å². The van der Waals surface area contributed by atoms with Crippen LogP contribution in [0.1, 0.15) is 12.5 Å². The maximum atomic E-state index is 13.1. The molecule has 0 aromatic heterocycles. The van der Waals surface area contributed by atoms with Gasteiger partial charge in [0, 0.05) is 16.5 Å². The molecule has 26 heavy (non-hydrogen) atoms. The van der Waals surface area contributed by atoms with Gasteiger partial charge in [0.1, 0.15) is 14.3 Å². The van der Waals surface area contributed by atoms with Crippen LogP contribution in [0.5, 0.6) is 0 Å². The van der Waals surface area contributed by atoms with E-state index >= 15 is 0 Å². The topological polar surface area (TPSA) is 23.6 Å². The Hall–Kier alpha value is -1.47. The van der Waals surface area contributed by atoms with Gasteiger partial charge in [-0.05, 0) is 30.7 Å². The van der Waals surface area contributed by atoms with E-state index in [1.807, 2.05) is 48.5 Å². The van der Waals surface area contributed by atoms with Crippen LogP contribution in [0.4, 0.5) is 5.69 Å². The third kappa shape index (κ3) is 3.16. The number of thiocarbonyl (C=S) groups is 1. The van der Waals surface area contributed by atoms with Gasteiger partial charge < -0.3 is 4.90 Å². The van der Waals surface area contributed by atoms with E-state index < -0.39 is 0 Å². The van der Waals surface area contributed by atoms with Gasteiger partial charge in [0.15, 0.2) is 0 Å². The zero-order valence-electron chi connectivity index (χ0n) is 13.9. The fourth-order valence-corrected chi connectivity index (χ4v) is 5.75. The molecule has 0 spiro atoms. The lowest BCUT2D eigenvalue weighted by Gasteiger charge is -2.19. The zero-order valence-corrected chi connectivity index (χ0v) is 17.1. The first kappa shape index (κ1) is 17.9. The molecule has 0 bridgehead atoms. The van der Waals surface area contributed by atoms with Gasteiger partial charge in [0.05, 0.1) is 12.2 Å². The fourth-order valence-electron chi connectivity index (χ4n) is 2.97. The first-order valence-corrected chi connectivity index (χ1v) is 10.6. The highest BCUT2D eigenvalue weighted by Gasteiger charge is 2.38. The highest BCUT2D eigenvalue weighted by atomic mass is 35.5. The van der Waals surface area contributed by atoms with Gasteiger partial charge in [-0.15, -0.1) is 0 Å². The predicted molar refractivity (Wildman–Crippen MR) is 115 cm³/mol. The third-order valence-corrected chi connectivity index (χ3v) is 7.19. The van der Waals surface area contributed by atoms with E-state index in [4.69, 9.17) is 23.8 Å². The lowest BCUT2D eigenvalue weighted by Crippen LogP contribution is -2.28. The number of hydrogen-bond acceptors (Lipinski definition) is 5. The van der Waals surface area contributed by atoms with E-state index in [1.165, 1.54) is 11.8 Å². The molecule has 0 aliphatic carbocycles. The Morgan fingerprint density at radius 1 is 1.08 bits per heavy atom. The van der Waals surface area contributed by atoms with Crippen LogP contribution in [0.2, 0.25) is 5.02 Å². The first-order valence-electron chi connectivity index (χ1n) is 8.15. The highest BCUT2D eigenvalue weighted by molar-refractivity contribution is 8.27. The van der Waals surface area contributed by atoms with Crippen molar-refractivity contribution < 1.29 is 4.79 Å². The number of thioether (sulfide) groups is 2. The van der Waals surface area contributed by atoms with Crippen LogP contribution >= 0.6 is 47.3 Å². The van der Waals surface area contributed by atoms with Crippen molar-refractivity contribution in [2.75, 3.05) is 11.4 Å². The maximum Gasteiger partial charge on any atom is 0.269 e. The third-order valence-electron chi connectivity index (χ3n) is 4.21. The van der Waals surface area contributed by atoms with E-state index in [-0.39, 0.29) is 5.91 Å². The largest absolute Gasteiger partial charge is 0.334 e. The molecule has 7 heteroatoms. The average Bonchev–Trinajstić information content (AvgIpc) is 3.14. The number of amides is 1. The molecule has 0 saturated carbocycles. The molecule has 2 aliphatic heterocycles. The molecule has 4 rings (SSSR count). The maximum absolute atomic E-state index is 13.1. The van der Waals surface area contributed by atoms with Crippen molar-refractivity contribution in [2.45, 2.75) is 18.4 Å². The number of benzene rings is 2. The van der Waals surface area contributed by atoms with E-state index in [0.717, 1.165) is 27.7 Å². The van der Waals surface area contributed by atoms with E-state index in [2.05, 4.69) is 11.8 Å². The zero-order chi connectivity index (χ0) is 18.3. The van der Waals surface area contributed by atoms with Crippen molar-refractivity contribution in [1.29, 1.82) is 0 Å². The molecule has 3 nitrogen and oxygen atoms in total. The molecule has 0 radical (unpaired) electrons. The Kier molecular flexibility index (Phi) is 5.01. The Morgan fingerprint density at radius 2 is 1.85 bits per heavy atom. The number of carbonyl (C=O) groups is 1. The second-order valence-electron chi connectivity index (χ2n) is 5.84. The average molecular weight is 419 g/mol. The van der Waals surface area contributed by atoms with Crippen molar-refractivity contribution in [1.82, 2.24) is 4.90 Å². The summed E-state index contributed by atoms with van der Waals surface area (Å²) in [7, 11) is 0. The molecule has 2 aromatic carbocycles. The molecule has 1 amide bonds. The minimum absolute atomic E-state index is 0.0243. The molecule has 0 atom stereocenters. The molecule has 132 valence electrons. The Balaban J connectivity index is 1.67. The summed E-state index contributed by atoms with van der Waals surface area (Å²) >= 11 is 14.7. The minimum atomic E-state index is -0.0243. The van der Waals surface area contributed by atoms with Crippen molar-refractivity contribution in [3.8, 4) is 0 Å². The number of carbonyl (C=O) groups excluding carboxylic acids is 1. The smallest absolute Gasteiger partial charge is 0.269 e. The number of rotatable bonds is 3. The normalized spacial score (nSPS) is 19.5. The molecule has 0 unspecified atom stereocenters. The van der Waals surface area contributed by atoms with Crippen LogP contribution in [0.3, 0.4) is 0 Å². The quantitative estimate of drug-likeness (QED) is 0.483. The van der Waals surface area contributed by atoms with Crippen LogP contribution in [0.15, 0.2) is 63.4 Å². The first-order chi connectivity index (χ1) is 12.6. The molecule has 2 aromatic rings. The van der Waals surface area contributed by atoms with Gasteiger partial charge in [-0.1, -0.05) is 77.7 Å². The van der Waals surface area contributed by atoms with Gasteiger partial charge >= 0.3 is 0 Å². The highest BCUT2D eigenvalue weighted by Crippen LogP contribution is 2.51. The van der Waals surface area contributed by atoms with Gasteiger partial charge in [-0.3, -0.25) is 9.69 Å². The van der Waals surface area contributed by atoms with Crippen molar-refractivity contribution >= 4 is 63.3 Å². The summed E-state index contributed by atoms with van der Waals surface area (Å²) in [6.45, 7) is 3.33. The predicted octanol–water partition coefficient (Wildman–Crippen LogP) is 5.50. The van der Waals surface area contributed by atoms with Gasteiger partial charge in [-0.2, -0.15) is 0 Å². The lowest BCUT2D eigenvalue weighted by atomic mass is 10.2. The van der Waals surface area contributed by atoms with Gasteiger partial charge in [0.2, 0.25) is 0 Å². The molecule has 2 heterocycles. The molecule has 1 saturated heterocycles. The molecule has 0 N–H and O–H groups in total. The standard InChI is InChI=1S/C19H15ClN2OS3/c1-2-21-14-10-13(20)8-9-15(14)25-18(21)16-17(23)22(19(24)26-16)11-12-6-4-3-5-7-12/h3-10H,2,11H2,1H3/b18-16+. The number of fused-ring (bicyclic) bond motifs is 1. The summed E-state index contributed by atoms with van der Waals surface area (Å²) in [5, 5.41) is 1.64. The monoisotopic (exact) mass is 418 g/mol. The molecular formula is C19H15ClN2OS3. The van der Waals surface area contributed by atoms with E-state index in [0.29, 0.717) is 20.8 Å². The summed E-state index contributed by atoms with van der Waals surface area (Å²) < 4.78 is 0.604. The van der Waals surface area contributed by atoms with Gasteiger partial charge in [0.25, 0.3) is 5.91 Å². The summed E-state index contributed by atoms with van der Waals surface area (Å²) in [5.74, 6) is -0.0243. The lowest BCUT2D eigenvalue weighted by molar-refractivity contribution is -0.122.